The van der Waals surface area contributed by atoms with Gasteiger partial charge in [0.25, 0.3) is 0 Å². The Hall–Kier alpha value is -0.890. The standard InChI is InChI=1S/C10H12FN/c1-7-9-4-5-12-6-8(9)2-3-10(7)11/h2-3,12H,4-6H2,1H3. The van der Waals surface area contributed by atoms with Crippen molar-refractivity contribution in [1.29, 1.82) is 0 Å². The summed E-state index contributed by atoms with van der Waals surface area (Å²) in [5.74, 6) is -0.0735. The number of rotatable bonds is 0. The predicted molar refractivity (Wildman–Crippen MR) is 46.5 cm³/mol. The molecular weight excluding hydrogens is 153 g/mol. The van der Waals surface area contributed by atoms with Crippen molar-refractivity contribution in [2.75, 3.05) is 6.54 Å². The van der Waals surface area contributed by atoms with Crippen LogP contribution in [0.3, 0.4) is 0 Å². The van der Waals surface area contributed by atoms with E-state index in [1.165, 1.54) is 11.1 Å². The Morgan fingerprint density at radius 1 is 1.42 bits per heavy atom. The topological polar surface area (TPSA) is 12.0 Å². The Morgan fingerprint density at radius 2 is 2.25 bits per heavy atom. The van der Waals surface area contributed by atoms with E-state index in [1.807, 2.05) is 13.0 Å². The summed E-state index contributed by atoms with van der Waals surface area (Å²) in [5.41, 5.74) is 3.28. The second kappa shape index (κ2) is 2.87. The van der Waals surface area contributed by atoms with Crippen LogP contribution in [-0.4, -0.2) is 6.54 Å². The number of hydrogen-bond acceptors (Lipinski definition) is 1. The molecule has 1 heterocycles. The van der Waals surface area contributed by atoms with E-state index in [0.29, 0.717) is 0 Å². The highest BCUT2D eigenvalue weighted by Gasteiger charge is 2.12. The van der Waals surface area contributed by atoms with Crippen molar-refractivity contribution < 1.29 is 4.39 Å². The molecule has 0 aromatic heterocycles. The smallest absolute Gasteiger partial charge is 0.126 e. The lowest BCUT2D eigenvalue weighted by molar-refractivity contribution is 0.595. The third kappa shape index (κ3) is 1.12. The maximum absolute atomic E-state index is 13.1. The van der Waals surface area contributed by atoms with Crippen molar-refractivity contribution in [1.82, 2.24) is 5.32 Å². The van der Waals surface area contributed by atoms with Crippen LogP contribution in [0.1, 0.15) is 16.7 Å². The van der Waals surface area contributed by atoms with Gasteiger partial charge in [-0.1, -0.05) is 6.07 Å². The van der Waals surface area contributed by atoms with Crippen LogP contribution in [0.25, 0.3) is 0 Å². The minimum Gasteiger partial charge on any atom is -0.312 e. The minimum atomic E-state index is -0.0735. The van der Waals surface area contributed by atoms with Gasteiger partial charge in [0.2, 0.25) is 0 Å². The van der Waals surface area contributed by atoms with E-state index >= 15 is 0 Å². The van der Waals surface area contributed by atoms with Gasteiger partial charge in [-0.05, 0) is 42.6 Å². The van der Waals surface area contributed by atoms with Crippen LogP contribution in [0.5, 0.6) is 0 Å². The second-order valence-corrected chi connectivity index (χ2v) is 3.24. The Balaban J connectivity index is 2.54. The van der Waals surface area contributed by atoms with E-state index in [9.17, 15) is 4.39 Å². The van der Waals surface area contributed by atoms with Crippen molar-refractivity contribution in [3.05, 3.63) is 34.6 Å². The van der Waals surface area contributed by atoms with Crippen LogP contribution in [0.4, 0.5) is 4.39 Å². The molecule has 0 saturated heterocycles. The lowest BCUT2D eigenvalue weighted by atomic mass is 9.96. The summed E-state index contributed by atoms with van der Waals surface area (Å²) in [6, 6.07) is 3.44. The molecule has 2 heteroatoms. The van der Waals surface area contributed by atoms with E-state index in [4.69, 9.17) is 0 Å². The highest BCUT2D eigenvalue weighted by Crippen LogP contribution is 2.20. The first kappa shape index (κ1) is 7.74. The Morgan fingerprint density at radius 3 is 3.08 bits per heavy atom. The molecule has 2 rings (SSSR count). The Labute approximate surface area is 71.6 Å². The molecule has 0 saturated carbocycles. The van der Waals surface area contributed by atoms with Gasteiger partial charge < -0.3 is 5.32 Å². The van der Waals surface area contributed by atoms with Crippen molar-refractivity contribution in [3.63, 3.8) is 0 Å². The zero-order chi connectivity index (χ0) is 8.55. The Kier molecular flexibility index (Phi) is 1.85. The fourth-order valence-electron chi connectivity index (χ4n) is 1.73. The summed E-state index contributed by atoms with van der Waals surface area (Å²) in [7, 11) is 0. The predicted octanol–water partition coefficient (Wildman–Crippen LogP) is 1.78. The summed E-state index contributed by atoms with van der Waals surface area (Å²) >= 11 is 0. The number of benzene rings is 1. The molecule has 0 bridgehead atoms. The normalized spacial score (nSPS) is 15.8. The molecule has 1 N–H and O–H groups in total. The van der Waals surface area contributed by atoms with Crippen molar-refractivity contribution in [2.45, 2.75) is 19.9 Å². The summed E-state index contributed by atoms with van der Waals surface area (Å²) in [4.78, 5) is 0. The summed E-state index contributed by atoms with van der Waals surface area (Å²) in [6.45, 7) is 3.72. The molecule has 1 aliphatic rings. The third-order valence-electron chi connectivity index (χ3n) is 2.50. The van der Waals surface area contributed by atoms with E-state index in [-0.39, 0.29) is 5.82 Å². The van der Waals surface area contributed by atoms with Crippen molar-refractivity contribution in [2.24, 2.45) is 0 Å². The highest BCUT2D eigenvalue weighted by molar-refractivity contribution is 5.36. The summed E-state index contributed by atoms with van der Waals surface area (Å²) in [5, 5.41) is 3.27. The second-order valence-electron chi connectivity index (χ2n) is 3.24. The zero-order valence-electron chi connectivity index (χ0n) is 7.15. The maximum Gasteiger partial charge on any atom is 0.126 e. The molecule has 0 spiro atoms. The maximum atomic E-state index is 13.1. The van der Waals surface area contributed by atoms with Crippen molar-refractivity contribution in [3.8, 4) is 0 Å². The average molecular weight is 165 g/mol. The van der Waals surface area contributed by atoms with E-state index in [0.717, 1.165) is 25.1 Å². The molecular formula is C10H12FN. The highest BCUT2D eigenvalue weighted by atomic mass is 19.1. The van der Waals surface area contributed by atoms with E-state index in [1.54, 1.807) is 6.07 Å². The van der Waals surface area contributed by atoms with Crippen LogP contribution < -0.4 is 5.32 Å². The number of hydrogen-bond donors (Lipinski definition) is 1. The molecule has 0 radical (unpaired) electrons. The molecule has 1 aromatic carbocycles. The van der Waals surface area contributed by atoms with Gasteiger partial charge in [-0.25, -0.2) is 4.39 Å². The molecule has 0 unspecified atom stereocenters. The first-order valence-corrected chi connectivity index (χ1v) is 4.26. The van der Waals surface area contributed by atoms with Crippen LogP contribution >= 0.6 is 0 Å². The van der Waals surface area contributed by atoms with Gasteiger partial charge >= 0.3 is 0 Å². The molecule has 1 nitrogen and oxygen atoms in total. The third-order valence-corrected chi connectivity index (χ3v) is 2.50. The van der Waals surface area contributed by atoms with Crippen LogP contribution in [-0.2, 0) is 13.0 Å². The first-order valence-electron chi connectivity index (χ1n) is 4.26. The van der Waals surface area contributed by atoms with Gasteiger partial charge in [0.05, 0.1) is 0 Å². The lowest BCUT2D eigenvalue weighted by Crippen LogP contribution is -2.24. The Bertz CT molecular complexity index is 307. The zero-order valence-corrected chi connectivity index (χ0v) is 7.15. The first-order chi connectivity index (χ1) is 5.79. The number of fused-ring (bicyclic) bond motifs is 1. The molecule has 0 atom stereocenters. The van der Waals surface area contributed by atoms with Crippen LogP contribution in [0, 0.1) is 12.7 Å². The quantitative estimate of drug-likeness (QED) is 0.618. The molecule has 0 aliphatic carbocycles. The van der Waals surface area contributed by atoms with Gasteiger partial charge in [-0.2, -0.15) is 0 Å². The average Bonchev–Trinajstić information content (AvgIpc) is 2.12. The van der Waals surface area contributed by atoms with Crippen molar-refractivity contribution >= 4 is 0 Å². The fraction of sp³-hybridized carbons (Fsp3) is 0.400. The number of nitrogens with one attached hydrogen (secondary N) is 1. The largest absolute Gasteiger partial charge is 0.312 e. The van der Waals surface area contributed by atoms with Gasteiger partial charge in [0.1, 0.15) is 5.82 Å². The summed E-state index contributed by atoms with van der Waals surface area (Å²) < 4.78 is 13.1. The molecule has 12 heavy (non-hydrogen) atoms. The molecule has 1 aliphatic heterocycles. The molecule has 0 amide bonds. The lowest BCUT2D eigenvalue weighted by Gasteiger charge is -2.19. The van der Waals surface area contributed by atoms with Crippen LogP contribution in [0.2, 0.25) is 0 Å². The van der Waals surface area contributed by atoms with Crippen LogP contribution in [0.15, 0.2) is 12.1 Å². The summed E-state index contributed by atoms with van der Waals surface area (Å²) in [6.07, 6.45) is 0.957. The monoisotopic (exact) mass is 165 g/mol. The molecule has 0 fully saturated rings. The number of halogens is 1. The molecule has 64 valence electrons. The fourth-order valence-corrected chi connectivity index (χ4v) is 1.73. The molecule has 1 aromatic rings. The van der Waals surface area contributed by atoms with Gasteiger partial charge in [0.15, 0.2) is 0 Å². The van der Waals surface area contributed by atoms with Gasteiger partial charge in [-0.15, -0.1) is 0 Å². The minimum absolute atomic E-state index is 0.0735. The van der Waals surface area contributed by atoms with E-state index in [2.05, 4.69) is 5.32 Å². The van der Waals surface area contributed by atoms with Gasteiger partial charge in [-0.3, -0.25) is 0 Å². The van der Waals surface area contributed by atoms with Gasteiger partial charge in [0, 0.05) is 6.54 Å². The van der Waals surface area contributed by atoms with E-state index < -0.39 is 0 Å². The SMILES string of the molecule is Cc1c(F)ccc2c1CCNC2.